The number of hydrogen-bond acceptors (Lipinski definition) is 3. The number of nitriles is 1. The fourth-order valence-electron chi connectivity index (χ4n) is 1.51. The van der Waals surface area contributed by atoms with Gasteiger partial charge < -0.3 is 9.47 Å². The summed E-state index contributed by atoms with van der Waals surface area (Å²) in [5, 5.41) is 8.78. The Balaban J connectivity index is 2.24. The second-order valence-electron chi connectivity index (χ2n) is 3.45. The molecular formula is C11H9BrFNO2. The van der Waals surface area contributed by atoms with Gasteiger partial charge in [-0.1, -0.05) is 0 Å². The minimum Gasteiger partial charge on any atom is -0.485 e. The van der Waals surface area contributed by atoms with Crippen molar-refractivity contribution in [1.82, 2.24) is 0 Å². The molecule has 3 nitrogen and oxygen atoms in total. The van der Waals surface area contributed by atoms with Crippen molar-refractivity contribution in [1.29, 1.82) is 5.26 Å². The molecule has 0 unspecified atom stereocenters. The van der Waals surface area contributed by atoms with Crippen LogP contribution in [0.1, 0.15) is 12.0 Å². The molecule has 2 rings (SSSR count). The van der Waals surface area contributed by atoms with E-state index in [9.17, 15) is 4.39 Å². The van der Waals surface area contributed by atoms with Gasteiger partial charge in [0.05, 0.1) is 13.2 Å². The molecule has 0 amide bonds. The van der Waals surface area contributed by atoms with E-state index in [1.807, 2.05) is 0 Å². The largest absolute Gasteiger partial charge is 0.485 e. The standard InChI is InChI=1S/C11H9BrFNO2/c12-9-1-2-10(11(13)8(9)5-14)16-7-3-4-15-6-7/h1-2,7H,3-4,6H2/t7-/m0/s1. The van der Waals surface area contributed by atoms with E-state index >= 15 is 0 Å². The van der Waals surface area contributed by atoms with Gasteiger partial charge >= 0.3 is 0 Å². The summed E-state index contributed by atoms with van der Waals surface area (Å²) in [4.78, 5) is 0. The molecule has 0 saturated carbocycles. The summed E-state index contributed by atoms with van der Waals surface area (Å²) in [6.45, 7) is 1.10. The molecule has 5 heteroatoms. The third-order valence-corrected chi connectivity index (χ3v) is 3.01. The lowest BCUT2D eigenvalue weighted by atomic mass is 10.2. The Labute approximate surface area is 101 Å². The van der Waals surface area contributed by atoms with Gasteiger partial charge in [0.1, 0.15) is 17.7 Å². The Morgan fingerprint density at radius 2 is 2.38 bits per heavy atom. The Morgan fingerprint density at radius 1 is 1.56 bits per heavy atom. The summed E-state index contributed by atoms with van der Waals surface area (Å²) in [6, 6.07) is 4.91. The van der Waals surface area contributed by atoms with Gasteiger partial charge in [-0.2, -0.15) is 5.26 Å². The number of nitrogens with zero attached hydrogens (tertiary/aromatic N) is 1. The third-order valence-electron chi connectivity index (χ3n) is 2.35. The number of ether oxygens (including phenoxy) is 2. The molecule has 1 fully saturated rings. The maximum Gasteiger partial charge on any atom is 0.183 e. The summed E-state index contributed by atoms with van der Waals surface area (Å²) in [5.74, 6) is -0.515. The topological polar surface area (TPSA) is 42.2 Å². The Hall–Kier alpha value is -1.12. The summed E-state index contributed by atoms with van der Waals surface area (Å²) in [6.07, 6.45) is 0.624. The first-order valence-electron chi connectivity index (χ1n) is 4.85. The van der Waals surface area contributed by atoms with Gasteiger partial charge in [0.25, 0.3) is 0 Å². The zero-order valence-electron chi connectivity index (χ0n) is 8.37. The molecule has 1 aromatic carbocycles. The van der Waals surface area contributed by atoms with Gasteiger partial charge in [-0.25, -0.2) is 4.39 Å². The Morgan fingerprint density at radius 3 is 3.00 bits per heavy atom. The van der Waals surface area contributed by atoms with Crippen molar-refractivity contribution in [2.75, 3.05) is 13.2 Å². The van der Waals surface area contributed by atoms with Crippen LogP contribution in [0.3, 0.4) is 0 Å². The van der Waals surface area contributed by atoms with Crippen molar-refractivity contribution in [2.24, 2.45) is 0 Å². The average Bonchev–Trinajstić information content (AvgIpc) is 2.76. The first kappa shape index (κ1) is 11.4. The molecule has 0 aliphatic carbocycles. The first-order valence-corrected chi connectivity index (χ1v) is 5.64. The molecule has 0 spiro atoms. The number of hydrogen-bond donors (Lipinski definition) is 0. The van der Waals surface area contributed by atoms with Gasteiger partial charge in [0.2, 0.25) is 0 Å². The molecule has 0 radical (unpaired) electrons. The highest BCUT2D eigenvalue weighted by Gasteiger charge is 2.20. The Bertz CT molecular complexity index is 438. The molecular weight excluding hydrogens is 277 g/mol. The van der Waals surface area contributed by atoms with E-state index in [0.29, 0.717) is 17.7 Å². The van der Waals surface area contributed by atoms with Crippen LogP contribution in [-0.2, 0) is 4.74 Å². The summed E-state index contributed by atoms with van der Waals surface area (Å²) in [5.41, 5.74) is -0.0311. The first-order chi connectivity index (χ1) is 7.72. The van der Waals surface area contributed by atoms with E-state index < -0.39 is 5.82 Å². The van der Waals surface area contributed by atoms with E-state index in [0.717, 1.165) is 6.42 Å². The minimum absolute atomic E-state index is 0.0311. The molecule has 1 aliphatic rings. The lowest BCUT2D eigenvalue weighted by molar-refractivity contribution is 0.138. The van der Waals surface area contributed by atoms with E-state index in [4.69, 9.17) is 14.7 Å². The van der Waals surface area contributed by atoms with Gasteiger partial charge in [0.15, 0.2) is 11.6 Å². The average molecular weight is 286 g/mol. The molecule has 0 aromatic heterocycles. The monoisotopic (exact) mass is 285 g/mol. The van der Waals surface area contributed by atoms with Crippen molar-refractivity contribution in [3.63, 3.8) is 0 Å². The fourth-order valence-corrected chi connectivity index (χ4v) is 1.91. The molecule has 1 aliphatic heterocycles. The molecule has 16 heavy (non-hydrogen) atoms. The highest BCUT2D eigenvalue weighted by atomic mass is 79.9. The molecule has 1 atom stereocenters. The van der Waals surface area contributed by atoms with Crippen LogP contribution >= 0.6 is 15.9 Å². The van der Waals surface area contributed by atoms with Crippen LogP contribution in [0.2, 0.25) is 0 Å². The normalized spacial score (nSPS) is 19.4. The smallest absolute Gasteiger partial charge is 0.183 e. The quantitative estimate of drug-likeness (QED) is 0.839. The maximum atomic E-state index is 13.8. The van der Waals surface area contributed by atoms with Crippen LogP contribution in [-0.4, -0.2) is 19.3 Å². The molecule has 0 N–H and O–H groups in total. The molecule has 1 aromatic rings. The lowest BCUT2D eigenvalue weighted by Gasteiger charge is -2.13. The van der Waals surface area contributed by atoms with E-state index in [-0.39, 0.29) is 17.4 Å². The van der Waals surface area contributed by atoms with Crippen LogP contribution in [0.4, 0.5) is 4.39 Å². The SMILES string of the molecule is N#Cc1c(Br)ccc(O[C@H]2CCOC2)c1F. The summed E-state index contributed by atoms with van der Waals surface area (Å²) in [7, 11) is 0. The van der Waals surface area contributed by atoms with Crippen LogP contribution in [0, 0.1) is 17.1 Å². The van der Waals surface area contributed by atoms with Crippen molar-refractivity contribution < 1.29 is 13.9 Å². The van der Waals surface area contributed by atoms with E-state index in [1.54, 1.807) is 12.1 Å². The third kappa shape index (κ3) is 2.18. The van der Waals surface area contributed by atoms with Crippen molar-refractivity contribution >= 4 is 15.9 Å². The number of halogens is 2. The van der Waals surface area contributed by atoms with Crippen molar-refractivity contribution in [3.8, 4) is 11.8 Å². The van der Waals surface area contributed by atoms with Crippen LogP contribution in [0.5, 0.6) is 5.75 Å². The molecule has 1 saturated heterocycles. The van der Waals surface area contributed by atoms with Gasteiger partial charge in [0, 0.05) is 10.9 Å². The molecule has 0 bridgehead atoms. The second kappa shape index (κ2) is 4.81. The van der Waals surface area contributed by atoms with Crippen molar-refractivity contribution in [2.45, 2.75) is 12.5 Å². The second-order valence-corrected chi connectivity index (χ2v) is 4.30. The van der Waals surface area contributed by atoms with E-state index in [2.05, 4.69) is 15.9 Å². The number of benzene rings is 1. The minimum atomic E-state index is -0.622. The fraction of sp³-hybridized carbons (Fsp3) is 0.364. The summed E-state index contributed by atoms with van der Waals surface area (Å²) >= 11 is 3.11. The van der Waals surface area contributed by atoms with Gasteiger partial charge in [-0.05, 0) is 28.1 Å². The van der Waals surface area contributed by atoms with Crippen LogP contribution in [0.25, 0.3) is 0 Å². The van der Waals surface area contributed by atoms with Crippen LogP contribution in [0.15, 0.2) is 16.6 Å². The number of rotatable bonds is 2. The Kier molecular flexibility index (Phi) is 3.42. The van der Waals surface area contributed by atoms with Crippen molar-refractivity contribution in [3.05, 3.63) is 28.0 Å². The molecule has 84 valence electrons. The van der Waals surface area contributed by atoms with E-state index in [1.165, 1.54) is 6.07 Å². The van der Waals surface area contributed by atoms with Crippen LogP contribution < -0.4 is 4.74 Å². The zero-order chi connectivity index (χ0) is 11.5. The highest BCUT2D eigenvalue weighted by molar-refractivity contribution is 9.10. The molecule has 1 heterocycles. The summed E-state index contributed by atoms with van der Waals surface area (Å²) < 4.78 is 24.8. The zero-order valence-corrected chi connectivity index (χ0v) is 9.96. The van der Waals surface area contributed by atoms with Gasteiger partial charge in [-0.15, -0.1) is 0 Å². The predicted molar refractivity (Wildman–Crippen MR) is 58.7 cm³/mol. The predicted octanol–water partition coefficient (Wildman–Crippen LogP) is 2.63. The lowest BCUT2D eigenvalue weighted by Crippen LogP contribution is -2.16. The highest BCUT2D eigenvalue weighted by Crippen LogP contribution is 2.28. The maximum absolute atomic E-state index is 13.8. The van der Waals surface area contributed by atoms with Gasteiger partial charge in [-0.3, -0.25) is 0 Å².